The quantitative estimate of drug-likeness (QED) is 0.399. The Bertz CT molecular complexity index is 1300. The number of halogens is 1. The Morgan fingerprint density at radius 1 is 0.971 bits per heavy atom. The number of ketones is 2. The Labute approximate surface area is 200 Å². The smallest absolute Gasteiger partial charge is 0.255 e. The van der Waals surface area contributed by atoms with Crippen molar-refractivity contribution in [3.8, 4) is 0 Å². The maximum atomic E-state index is 14.1. The predicted molar refractivity (Wildman–Crippen MR) is 123 cm³/mol. The molecule has 3 amide bonds. The maximum absolute atomic E-state index is 14.1. The SMILES string of the molecule is O=C1CCC(N2Cc3c(NC=C4C(=O)CC(c5ccccc5F)CC4=O)cccc3C2=O)C(=O)N1. The first kappa shape index (κ1) is 22.6. The summed E-state index contributed by atoms with van der Waals surface area (Å²) in [5.74, 6) is -2.87. The molecule has 1 unspecified atom stereocenters. The molecule has 0 radical (unpaired) electrons. The van der Waals surface area contributed by atoms with Gasteiger partial charge in [-0.15, -0.1) is 0 Å². The average molecular weight is 475 g/mol. The third-order valence-electron chi connectivity index (χ3n) is 6.76. The highest BCUT2D eigenvalue weighted by Gasteiger charge is 2.40. The van der Waals surface area contributed by atoms with Crippen molar-refractivity contribution in [2.75, 3.05) is 5.32 Å². The summed E-state index contributed by atoms with van der Waals surface area (Å²) in [4.78, 5) is 63.6. The van der Waals surface area contributed by atoms with Crippen LogP contribution in [0.5, 0.6) is 0 Å². The molecule has 0 bridgehead atoms. The summed E-state index contributed by atoms with van der Waals surface area (Å²) in [7, 11) is 0. The van der Waals surface area contributed by atoms with Crippen LogP contribution in [0.15, 0.2) is 54.2 Å². The number of hydrogen-bond acceptors (Lipinski definition) is 6. The van der Waals surface area contributed by atoms with Gasteiger partial charge >= 0.3 is 0 Å². The third kappa shape index (κ3) is 4.14. The molecule has 5 rings (SSSR count). The highest BCUT2D eigenvalue weighted by molar-refractivity contribution is 6.22. The second-order valence-corrected chi connectivity index (χ2v) is 8.91. The number of imide groups is 1. The van der Waals surface area contributed by atoms with Crippen LogP contribution in [0, 0.1) is 5.82 Å². The second-order valence-electron chi connectivity index (χ2n) is 8.91. The van der Waals surface area contributed by atoms with E-state index in [1.165, 1.54) is 17.2 Å². The molecule has 1 saturated heterocycles. The summed E-state index contributed by atoms with van der Waals surface area (Å²) < 4.78 is 14.1. The van der Waals surface area contributed by atoms with Gasteiger partial charge in [-0.3, -0.25) is 29.3 Å². The van der Waals surface area contributed by atoms with Crippen LogP contribution < -0.4 is 10.6 Å². The van der Waals surface area contributed by atoms with Gasteiger partial charge in [-0.05, 0) is 30.2 Å². The number of amides is 3. The molecule has 8 nitrogen and oxygen atoms in total. The van der Waals surface area contributed by atoms with E-state index in [-0.39, 0.29) is 61.2 Å². The van der Waals surface area contributed by atoms with E-state index in [0.717, 1.165) is 0 Å². The average Bonchev–Trinajstić information content (AvgIpc) is 3.16. The Kier molecular flexibility index (Phi) is 5.76. The van der Waals surface area contributed by atoms with Crippen LogP contribution in [-0.2, 0) is 25.7 Å². The van der Waals surface area contributed by atoms with Gasteiger partial charge in [-0.1, -0.05) is 24.3 Å². The number of Topliss-reactive ketones (excluding diaryl/α,β-unsaturated/α-hetero) is 2. The summed E-state index contributed by atoms with van der Waals surface area (Å²) in [5.41, 5.74) is 1.95. The maximum Gasteiger partial charge on any atom is 0.255 e. The number of benzene rings is 2. The summed E-state index contributed by atoms with van der Waals surface area (Å²) in [6, 6.07) is 10.4. The van der Waals surface area contributed by atoms with Crippen molar-refractivity contribution in [2.24, 2.45) is 0 Å². The van der Waals surface area contributed by atoms with E-state index in [9.17, 15) is 28.4 Å². The fraction of sp³-hybridized carbons (Fsp3) is 0.269. The number of allylic oxidation sites excluding steroid dienone is 1. The van der Waals surface area contributed by atoms with E-state index < -0.39 is 23.7 Å². The molecule has 1 saturated carbocycles. The predicted octanol–water partition coefficient (Wildman–Crippen LogP) is 2.60. The van der Waals surface area contributed by atoms with Crippen LogP contribution >= 0.6 is 0 Å². The summed E-state index contributed by atoms with van der Waals surface area (Å²) in [5, 5.41) is 5.26. The van der Waals surface area contributed by atoms with Crippen molar-refractivity contribution < 1.29 is 28.4 Å². The molecule has 2 fully saturated rings. The van der Waals surface area contributed by atoms with E-state index in [1.807, 2.05) is 0 Å². The Balaban J connectivity index is 1.34. The second kappa shape index (κ2) is 8.90. The number of nitrogens with one attached hydrogen (secondary N) is 2. The third-order valence-corrected chi connectivity index (χ3v) is 6.76. The van der Waals surface area contributed by atoms with Gasteiger partial charge in [0.1, 0.15) is 11.9 Å². The van der Waals surface area contributed by atoms with Crippen molar-refractivity contribution in [1.82, 2.24) is 10.2 Å². The van der Waals surface area contributed by atoms with E-state index in [1.54, 1.807) is 36.4 Å². The highest BCUT2D eigenvalue weighted by Crippen LogP contribution is 2.35. The van der Waals surface area contributed by atoms with Gasteiger partial charge in [0.2, 0.25) is 11.8 Å². The zero-order chi connectivity index (χ0) is 24.7. The number of nitrogens with zero attached hydrogens (tertiary/aromatic N) is 1. The number of fused-ring (bicyclic) bond motifs is 1. The van der Waals surface area contributed by atoms with Crippen molar-refractivity contribution in [3.05, 3.63) is 76.7 Å². The molecule has 2 aromatic rings. The zero-order valence-corrected chi connectivity index (χ0v) is 18.7. The van der Waals surface area contributed by atoms with Crippen molar-refractivity contribution >= 4 is 35.0 Å². The number of piperidine rings is 1. The number of carbonyl (C=O) groups is 5. The number of rotatable bonds is 4. The van der Waals surface area contributed by atoms with Gasteiger partial charge in [0.05, 0.1) is 5.57 Å². The molecule has 0 spiro atoms. The van der Waals surface area contributed by atoms with Gasteiger partial charge in [0, 0.05) is 54.7 Å². The van der Waals surface area contributed by atoms with Gasteiger partial charge in [-0.25, -0.2) is 4.39 Å². The fourth-order valence-electron chi connectivity index (χ4n) is 4.95. The molecule has 9 heteroatoms. The van der Waals surface area contributed by atoms with Crippen LogP contribution in [-0.4, -0.2) is 40.2 Å². The molecule has 2 N–H and O–H groups in total. The fourth-order valence-corrected chi connectivity index (χ4v) is 4.95. The van der Waals surface area contributed by atoms with Crippen LogP contribution in [0.1, 0.15) is 53.1 Å². The lowest BCUT2D eigenvalue weighted by molar-refractivity contribution is -0.137. The minimum absolute atomic E-state index is 0.00143. The lowest BCUT2D eigenvalue weighted by Crippen LogP contribution is -2.52. The standard InChI is InChI=1S/C26H22FN3O5/c27-19-6-2-1-4-15(19)14-10-22(31)17(23(32)11-14)12-28-20-7-3-5-16-18(20)13-30(26(16)35)21-8-9-24(33)29-25(21)34/h1-7,12,14,21,28H,8-11,13H2,(H,29,33,34). The van der Waals surface area contributed by atoms with E-state index >= 15 is 0 Å². The molecule has 2 aromatic carbocycles. The Morgan fingerprint density at radius 3 is 2.43 bits per heavy atom. The molecule has 178 valence electrons. The largest absolute Gasteiger partial charge is 0.361 e. The molecule has 2 heterocycles. The first-order valence-corrected chi connectivity index (χ1v) is 11.4. The number of carbonyl (C=O) groups excluding carboxylic acids is 5. The van der Waals surface area contributed by atoms with Crippen LogP contribution in [0.3, 0.4) is 0 Å². The lowest BCUT2D eigenvalue weighted by Gasteiger charge is -2.29. The molecule has 1 atom stereocenters. The molecule has 1 aliphatic carbocycles. The molecule has 2 aliphatic heterocycles. The molecule has 0 aromatic heterocycles. The molecule has 3 aliphatic rings. The number of hydrogen-bond donors (Lipinski definition) is 2. The lowest BCUT2D eigenvalue weighted by atomic mass is 9.80. The van der Waals surface area contributed by atoms with Gasteiger partial charge in [0.25, 0.3) is 5.91 Å². The van der Waals surface area contributed by atoms with E-state index in [0.29, 0.717) is 22.4 Å². The van der Waals surface area contributed by atoms with Crippen molar-refractivity contribution in [2.45, 2.75) is 44.2 Å². The zero-order valence-electron chi connectivity index (χ0n) is 18.7. The first-order chi connectivity index (χ1) is 16.8. The highest BCUT2D eigenvalue weighted by atomic mass is 19.1. The monoisotopic (exact) mass is 475 g/mol. The molecular formula is C26H22FN3O5. The van der Waals surface area contributed by atoms with Gasteiger partial charge in [0.15, 0.2) is 11.6 Å². The van der Waals surface area contributed by atoms with Crippen LogP contribution in [0.4, 0.5) is 10.1 Å². The first-order valence-electron chi connectivity index (χ1n) is 11.4. The number of anilines is 1. The van der Waals surface area contributed by atoms with Gasteiger partial charge in [-0.2, -0.15) is 0 Å². The van der Waals surface area contributed by atoms with Crippen LogP contribution in [0.2, 0.25) is 0 Å². The van der Waals surface area contributed by atoms with E-state index in [4.69, 9.17) is 0 Å². The van der Waals surface area contributed by atoms with Gasteiger partial charge < -0.3 is 10.2 Å². The van der Waals surface area contributed by atoms with Crippen molar-refractivity contribution in [1.29, 1.82) is 0 Å². The Hall–Kier alpha value is -4.14. The molecule has 35 heavy (non-hydrogen) atoms. The molecular weight excluding hydrogens is 453 g/mol. The topological polar surface area (TPSA) is 113 Å². The van der Waals surface area contributed by atoms with Crippen LogP contribution in [0.25, 0.3) is 0 Å². The normalized spacial score (nSPS) is 22.3. The minimum atomic E-state index is -0.740. The Morgan fingerprint density at radius 2 is 1.71 bits per heavy atom. The van der Waals surface area contributed by atoms with E-state index in [2.05, 4.69) is 10.6 Å². The van der Waals surface area contributed by atoms with Crippen molar-refractivity contribution in [3.63, 3.8) is 0 Å². The summed E-state index contributed by atoms with van der Waals surface area (Å²) in [6.07, 6.45) is 1.80. The minimum Gasteiger partial charge on any atom is -0.361 e. The summed E-state index contributed by atoms with van der Waals surface area (Å²) >= 11 is 0. The summed E-state index contributed by atoms with van der Waals surface area (Å²) in [6.45, 7) is 0.157.